The average Bonchev–Trinajstić information content (AvgIpc) is 2.85. The first-order valence-electron chi connectivity index (χ1n) is 6.22. The summed E-state index contributed by atoms with van der Waals surface area (Å²) in [4.78, 5) is 17.3. The van der Waals surface area contributed by atoms with Crippen LogP contribution in [0.15, 0.2) is 12.3 Å². The lowest BCUT2D eigenvalue weighted by Gasteiger charge is -2.25. The first-order chi connectivity index (χ1) is 8.09. The second kappa shape index (κ2) is 4.92. The van der Waals surface area contributed by atoms with E-state index >= 15 is 0 Å². The second-order valence-electron chi connectivity index (χ2n) is 4.90. The number of carbonyl (C=O) groups excluding carboxylic acids is 1. The minimum atomic E-state index is -0.347. The molecule has 0 spiro atoms. The van der Waals surface area contributed by atoms with Crippen LogP contribution in [-0.2, 0) is 0 Å². The molecule has 2 N–H and O–H groups in total. The Morgan fingerprint density at radius 1 is 1.71 bits per heavy atom. The Kier molecular flexibility index (Phi) is 3.52. The standard InChI is InChI=1S/C13H20N2O2/c1-9(16)8-11-4-3-7-15(11)13(17)12-5-6-14-10(12)2/h5-6,9,11,14,16H,3-4,7-8H2,1-2H3. The molecule has 0 saturated carbocycles. The molecule has 1 aliphatic heterocycles. The molecule has 1 aromatic heterocycles. The Balaban J connectivity index is 2.11. The van der Waals surface area contributed by atoms with Gasteiger partial charge in [0.2, 0.25) is 0 Å². The van der Waals surface area contributed by atoms with Gasteiger partial charge in [-0.25, -0.2) is 0 Å². The van der Waals surface area contributed by atoms with Crippen molar-refractivity contribution in [1.82, 2.24) is 9.88 Å². The van der Waals surface area contributed by atoms with Crippen molar-refractivity contribution in [3.63, 3.8) is 0 Å². The van der Waals surface area contributed by atoms with Crippen LogP contribution in [0.1, 0.15) is 42.2 Å². The maximum atomic E-state index is 12.3. The molecule has 2 rings (SSSR count). The number of carbonyl (C=O) groups is 1. The second-order valence-corrected chi connectivity index (χ2v) is 4.90. The van der Waals surface area contributed by atoms with Crippen LogP contribution in [0.25, 0.3) is 0 Å². The third-order valence-corrected chi connectivity index (χ3v) is 3.44. The number of aromatic amines is 1. The lowest BCUT2D eigenvalue weighted by Crippen LogP contribution is -2.37. The normalized spacial score (nSPS) is 21.8. The first kappa shape index (κ1) is 12.2. The van der Waals surface area contributed by atoms with E-state index in [2.05, 4.69) is 4.98 Å². The van der Waals surface area contributed by atoms with Crippen molar-refractivity contribution >= 4 is 5.91 Å². The molecule has 1 aromatic rings. The van der Waals surface area contributed by atoms with Crippen molar-refractivity contribution < 1.29 is 9.90 Å². The number of likely N-dealkylation sites (tertiary alicyclic amines) is 1. The number of H-pyrrole nitrogens is 1. The Morgan fingerprint density at radius 3 is 3.06 bits per heavy atom. The smallest absolute Gasteiger partial charge is 0.255 e. The molecule has 0 radical (unpaired) electrons. The van der Waals surface area contributed by atoms with Crippen LogP contribution in [0.3, 0.4) is 0 Å². The zero-order valence-corrected chi connectivity index (χ0v) is 10.4. The van der Waals surface area contributed by atoms with Crippen molar-refractivity contribution in [3.05, 3.63) is 23.5 Å². The number of nitrogens with one attached hydrogen (secondary N) is 1. The summed E-state index contributed by atoms with van der Waals surface area (Å²) in [6.07, 6.45) is 4.16. The molecule has 0 aliphatic carbocycles. The monoisotopic (exact) mass is 236 g/mol. The van der Waals surface area contributed by atoms with E-state index in [1.165, 1.54) is 0 Å². The molecule has 1 amide bonds. The maximum absolute atomic E-state index is 12.3. The largest absolute Gasteiger partial charge is 0.393 e. The fourth-order valence-corrected chi connectivity index (χ4v) is 2.58. The Morgan fingerprint density at radius 2 is 2.47 bits per heavy atom. The van der Waals surface area contributed by atoms with Gasteiger partial charge in [-0.05, 0) is 39.2 Å². The predicted molar refractivity (Wildman–Crippen MR) is 65.9 cm³/mol. The Hall–Kier alpha value is -1.29. The third-order valence-electron chi connectivity index (χ3n) is 3.44. The van der Waals surface area contributed by atoms with Crippen LogP contribution in [0.4, 0.5) is 0 Å². The van der Waals surface area contributed by atoms with Crippen molar-refractivity contribution in [3.8, 4) is 0 Å². The zero-order valence-electron chi connectivity index (χ0n) is 10.4. The SMILES string of the molecule is Cc1[nH]ccc1C(=O)N1CCCC1CC(C)O. The van der Waals surface area contributed by atoms with Gasteiger partial charge in [-0.15, -0.1) is 0 Å². The van der Waals surface area contributed by atoms with Crippen LogP contribution in [0.2, 0.25) is 0 Å². The molecule has 17 heavy (non-hydrogen) atoms. The molecule has 2 atom stereocenters. The van der Waals surface area contributed by atoms with Crippen molar-refractivity contribution in [2.24, 2.45) is 0 Å². The lowest BCUT2D eigenvalue weighted by atomic mass is 10.1. The molecule has 94 valence electrons. The highest BCUT2D eigenvalue weighted by Crippen LogP contribution is 2.24. The Bertz CT molecular complexity index is 398. The van der Waals surface area contributed by atoms with Gasteiger partial charge in [-0.1, -0.05) is 0 Å². The average molecular weight is 236 g/mol. The number of aromatic nitrogens is 1. The number of hydrogen-bond donors (Lipinski definition) is 2. The molecule has 1 fully saturated rings. The molecule has 0 aromatic carbocycles. The van der Waals surface area contributed by atoms with Crippen LogP contribution >= 0.6 is 0 Å². The number of amides is 1. The number of hydrogen-bond acceptors (Lipinski definition) is 2. The van der Waals surface area contributed by atoms with E-state index < -0.39 is 0 Å². The van der Waals surface area contributed by atoms with Gasteiger partial charge in [0.25, 0.3) is 5.91 Å². The molecule has 4 nitrogen and oxygen atoms in total. The van der Waals surface area contributed by atoms with E-state index in [1.54, 1.807) is 13.1 Å². The van der Waals surface area contributed by atoms with Gasteiger partial charge in [0.1, 0.15) is 0 Å². The summed E-state index contributed by atoms with van der Waals surface area (Å²) in [6.45, 7) is 4.50. The van der Waals surface area contributed by atoms with Crippen molar-refractivity contribution in [2.45, 2.75) is 45.3 Å². The molecular weight excluding hydrogens is 216 g/mol. The number of aliphatic hydroxyl groups excluding tert-OH is 1. The van der Waals surface area contributed by atoms with E-state index in [-0.39, 0.29) is 18.1 Å². The van der Waals surface area contributed by atoms with Gasteiger partial charge in [-0.2, -0.15) is 0 Å². The number of rotatable bonds is 3. The van der Waals surface area contributed by atoms with Gasteiger partial charge in [0.05, 0.1) is 11.7 Å². The Labute approximate surface area is 102 Å². The van der Waals surface area contributed by atoms with Gasteiger partial charge in [0.15, 0.2) is 0 Å². The fraction of sp³-hybridized carbons (Fsp3) is 0.615. The van der Waals surface area contributed by atoms with Crippen LogP contribution < -0.4 is 0 Å². The van der Waals surface area contributed by atoms with E-state index in [0.717, 1.165) is 30.6 Å². The van der Waals surface area contributed by atoms with Crippen molar-refractivity contribution in [1.29, 1.82) is 0 Å². The van der Waals surface area contributed by atoms with E-state index in [9.17, 15) is 9.90 Å². The van der Waals surface area contributed by atoms with E-state index in [0.29, 0.717) is 6.42 Å². The molecule has 2 heterocycles. The number of aliphatic hydroxyl groups is 1. The molecule has 0 bridgehead atoms. The quantitative estimate of drug-likeness (QED) is 0.839. The van der Waals surface area contributed by atoms with Gasteiger partial charge < -0.3 is 15.0 Å². The summed E-state index contributed by atoms with van der Waals surface area (Å²) in [5.41, 5.74) is 1.67. The molecule has 1 saturated heterocycles. The highest BCUT2D eigenvalue weighted by Gasteiger charge is 2.30. The minimum Gasteiger partial charge on any atom is -0.393 e. The summed E-state index contributed by atoms with van der Waals surface area (Å²) < 4.78 is 0. The molecule has 2 unspecified atom stereocenters. The topological polar surface area (TPSA) is 56.3 Å². The number of nitrogens with zero attached hydrogens (tertiary/aromatic N) is 1. The fourth-order valence-electron chi connectivity index (χ4n) is 2.58. The molecular formula is C13H20N2O2. The first-order valence-corrected chi connectivity index (χ1v) is 6.22. The summed E-state index contributed by atoms with van der Waals surface area (Å²) in [5.74, 6) is 0.0897. The zero-order chi connectivity index (χ0) is 12.4. The third kappa shape index (κ3) is 2.52. The summed E-state index contributed by atoms with van der Waals surface area (Å²) in [6, 6.07) is 2.02. The highest BCUT2D eigenvalue weighted by molar-refractivity contribution is 5.95. The highest BCUT2D eigenvalue weighted by atomic mass is 16.3. The molecule has 4 heteroatoms. The van der Waals surface area contributed by atoms with Crippen LogP contribution in [0.5, 0.6) is 0 Å². The van der Waals surface area contributed by atoms with Crippen LogP contribution in [0, 0.1) is 6.92 Å². The maximum Gasteiger partial charge on any atom is 0.255 e. The summed E-state index contributed by atoms with van der Waals surface area (Å²) >= 11 is 0. The van der Waals surface area contributed by atoms with E-state index in [1.807, 2.05) is 17.9 Å². The predicted octanol–water partition coefficient (Wildman–Crippen LogP) is 1.70. The van der Waals surface area contributed by atoms with Gasteiger partial charge in [0, 0.05) is 24.5 Å². The van der Waals surface area contributed by atoms with Gasteiger partial charge >= 0.3 is 0 Å². The number of aryl methyl sites for hydroxylation is 1. The van der Waals surface area contributed by atoms with Crippen molar-refractivity contribution in [2.75, 3.05) is 6.54 Å². The summed E-state index contributed by atoms with van der Waals surface area (Å²) in [7, 11) is 0. The van der Waals surface area contributed by atoms with Crippen LogP contribution in [-0.4, -0.2) is 39.6 Å². The van der Waals surface area contributed by atoms with E-state index in [4.69, 9.17) is 0 Å². The summed E-state index contributed by atoms with van der Waals surface area (Å²) in [5, 5.41) is 9.45. The molecule has 1 aliphatic rings. The van der Waals surface area contributed by atoms with Gasteiger partial charge in [-0.3, -0.25) is 4.79 Å². The lowest BCUT2D eigenvalue weighted by molar-refractivity contribution is 0.0681. The minimum absolute atomic E-state index is 0.0897.